The zero-order valence-electron chi connectivity index (χ0n) is 6.16. The largest absolute Gasteiger partial charge is 0.319 e. The average molecular weight is 206 g/mol. The zero-order valence-corrected chi connectivity index (χ0v) is 6.92. The maximum Gasteiger partial charge on any atom is 0.319 e. The third-order valence-corrected chi connectivity index (χ3v) is 1.67. The fourth-order valence-corrected chi connectivity index (χ4v) is 1.02. The molecule has 1 atom stereocenters. The predicted molar refractivity (Wildman–Crippen MR) is 42.7 cm³/mol. The molecule has 0 aromatic heterocycles. The van der Waals surface area contributed by atoms with Crippen LogP contribution in [0.1, 0.15) is 0 Å². The van der Waals surface area contributed by atoms with E-state index < -0.39 is 16.0 Å². The molecule has 0 aromatic carbocycles. The zero-order chi connectivity index (χ0) is 10.0. The topological polar surface area (TPSA) is 89.5 Å². The van der Waals surface area contributed by atoms with Crippen LogP contribution < -0.4 is 0 Å². The lowest BCUT2D eigenvalue weighted by Crippen LogP contribution is -2.31. The first-order chi connectivity index (χ1) is 6.02. The molecule has 13 heavy (non-hydrogen) atoms. The van der Waals surface area contributed by atoms with Gasteiger partial charge in [0.1, 0.15) is 6.20 Å². The van der Waals surface area contributed by atoms with Crippen LogP contribution in [0.25, 0.3) is 0 Å². The summed E-state index contributed by atoms with van der Waals surface area (Å²) in [6.07, 6.45) is 1.75. The summed E-state index contributed by atoms with van der Waals surface area (Å²) in [7, 11) is 0. The van der Waals surface area contributed by atoms with Gasteiger partial charge in [0.25, 0.3) is 5.70 Å². The number of nitro groups is 2. The number of rotatable bonds is 2. The summed E-state index contributed by atoms with van der Waals surface area (Å²) < 4.78 is 0.651. The van der Waals surface area contributed by atoms with Crippen molar-refractivity contribution >= 4 is 11.8 Å². The highest BCUT2D eigenvalue weighted by atomic mass is 35.5. The first kappa shape index (κ1) is 9.46. The Morgan fingerprint density at radius 2 is 2.08 bits per heavy atom. The van der Waals surface area contributed by atoms with E-state index in [1.165, 1.54) is 0 Å². The molecule has 0 saturated carbocycles. The van der Waals surface area contributed by atoms with Crippen LogP contribution >= 0.6 is 11.8 Å². The maximum absolute atomic E-state index is 10.3. The number of allylic oxidation sites excluding steroid dienone is 1. The van der Waals surface area contributed by atoms with Crippen LogP contribution in [0.5, 0.6) is 0 Å². The van der Waals surface area contributed by atoms with Crippen LogP contribution in [0.2, 0.25) is 0 Å². The molecule has 7 nitrogen and oxygen atoms in total. The Balaban J connectivity index is 2.85. The Labute approximate surface area is 77.3 Å². The van der Waals surface area contributed by atoms with Crippen molar-refractivity contribution in [2.75, 3.05) is 0 Å². The second-order valence-electron chi connectivity index (χ2n) is 2.21. The monoisotopic (exact) mass is 205 g/mol. The van der Waals surface area contributed by atoms with E-state index in [9.17, 15) is 20.2 Å². The first-order valence-corrected chi connectivity index (χ1v) is 3.48. The number of hydrogen-bond acceptors (Lipinski definition) is 5. The Kier molecular flexibility index (Phi) is 2.47. The van der Waals surface area contributed by atoms with Gasteiger partial charge in [-0.05, 0) is 0 Å². The van der Waals surface area contributed by atoms with Gasteiger partial charge < -0.3 is 0 Å². The van der Waals surface area contributed by atoms with Gasteiger partial charge >= 0.3 is 6.17 Å². The van der Waals surface area contributed by atoms with Crippen LogP contribution in [0, 0.1) is 20.2 Å². The molecule has 70 valence electrons. The number of halogens is 1. The number of hydrogen-bond donors (Lipinski definition) is 0. The van der Waals surface area contributed by atoms with Crippen molar-refractivity contribution in [3.63, 3.8) is 0 Å². The summed E-state index contributed by atoms with van der Waals surface area (Å²) in [5.41, 5.74) is -0.284. The molecule has 0 saturated heterocycles. The number of nitrogens with zero attached hydrogens (tertiary/aromatic N) is 3. The molecule has 1 unspecified atom stereocenters. The molecule has 1 heterocycles. The molecular formula is C5H4ClN3O4. The maximum atomic E-state index is 10.3. The van der Waals surface area contributed by atoms with Crippen molar-refractivity contribution < 1.29 is 9.85 Å². The summed E-state index contributed by atoms with van der Waals surface area (Å²) in [5, 5.41) is 20.5. The van der Waals surface area contributed by atoms with Crippen LogP contribution in [-0.2, 0) is 0 Å². The van der Waals surface area contributed by atoms with Gasteiger partial charge in [-0.1, -0.05) is 0 Å². The first-order valence-electron chi connectivity index (χ1n) is 3.14. The summed E-state index contributed by atoms with van der Waals surface area (Å²) in [6, 6.07) is 0. The summed E-state index contributed by atoms with van der Waals surface area (Å²) in [6.45, 7) is 0. The highest BCUT2D eigenvalue weighted by Gasteiger charge is 2.28. The Hall–Kier alpha value is -1.63. The molecule has 0 fully saturated rings. The summed E-state index contributed by atoms with van der Waals surface area (Å²) in [4.78, 5) is 19.1. The van der Waals surface area contributed by atoms with Gasteiger partial charge in [0.15, 0.2) is 0 Å². The third-order valence-electron chi connectivity index (χ3n) is 1.37. The van der Waals surface area contributed by atoms with E-state index >= 15 is 0 Å². The second-order valence-corrected chi connectivity index (χ2v) is 2.60. The molecule has 1 aliphatic rings. The minimum Gasteiger partial charge on any atom is -0.262 e. The van der Waals surface area contributed by atoms with Gasteiger partial charge in [0.05, 0.1) is 9.85 Å². The van der Waals surface area contributed by atoms with Crippen molar-refractivity contribution in [2.45, 2.75) is 6.17 Å². The van der Waals surface area contributed by atoms with Gasteiger partial charge in [-0.15, -0.1) is 0 Å². The van der Waals surface area contributed by atoms with E-state index in [1.807, 2.05) is 0 Å². The van der Waals surface area contributed by atoms with E-state index in [2.05, 4.69) is 0 Å². The normalized spacial score (nSPS) is 21.2. The van der Waals surface area contributed by atoms with E-state index in [0.717, 1.165) is 18.4 Å². The Bertz CT molecular complexity index is 313. The molecule has 8 heteroatoms. The third kappa shape index (κ3) is 1.94. The van der Waals surface area contributed by atoms with Crippen molar-refractivity contribution in [3.05, 3.63) is 44.3 Å². The standard InChI is InChI=1S/C5H4ClN3O4/c6-7-3-4(8(10)11)1-2-5(7)9(12)13/h1-3,5H. The van der Waals surface area contributed by atoms with Gasteiger partial charge in [-0.25, -0.2) is 4.42 Å². The average Bonchev–Trinajstić information content (AvgIpc) is 2.03. The van der Waals surface area contributed by atoms with Crippen molar-refractivity contribution in [3.8, 4) is 0 Å². The minimum atomic E-state index is -1.25. The van der Waals surface area contributed by atoms with Gasteiger partial charge in [-0.2, -0.15) is 0 Å². The van der Waals surface area contributed by atoms with Crippen molar-refractivity contribution in [1.29, 1.82) is 0 Å². The van der Waals surface area contributed by atoms with Gasteiger partial charge in [0.2, 0.25) is 0 Å². The molecule has 1 aliphatic heterocycles. The summed E-state index contributed by atoms with van der Waals surface area (Å²) in [5.74, 6) is 0. The molecule has 0 bridgehead atoms. The van der Waals surface area contributed by atoms with E-state index in [-0.39, 0.29) is 5.70 Å². The van der Waals surface area contributed by atoms with E-state index in [0.29, 0.717) is 4.42 Å². The van der Waals surface area contributed by atoms with E-state index in [1.54, 1.807) is 0 Å². The van der Waals surface area contributed by atoms with Crippen molar-refractivity contribution in [2.24, 2.45) is 0 Å². The second kappa shape index (κ2) is 3.40. The van der Waals surface area contributed by atoms with Gasteiger partial charge in [0, 0.05) is 23.9 Å². The Morgan fingerprint density at radius 1 is 1.46 bits per heavy atom. The molecular weight excluding hydrogens is 202 g/mol. The smallest absolute Gasteiger partial charge is 0.262 e. The van der Waals surface area contributed by atoms with Crippen LogP contribution in [0.3, 0.4) is 0 Å². The molecule has 0 aromatic rings. The van der Waals surface area contributed by atoms with E-state index in [4.69, 9.17) is 11.8 Å². The molecule has 0 radical (unpaired) electrons. The highest BCUT2D eigenvalue weighted by molar-refractivity contribution is 6.14. The highest BCUT2D eigenvalue weighted by Crippen LogP contribution is 2.16. The quantitative estimate of drug-likeness (QED) is 0.377. The van der Waals surface area contributed by atoms with Crippen molar-refractivity contribution in [1.82, 2.24) is 4.42 Å². The fraction of sp³-hybridized carbons (Fsp3) is 0.200. The lowest BCUT2D eigenvalue weighted by Gasteiger charge is -2.14. The molecule has 0 N–H and O–H groups in total. The van der Waals surface area contributed by atoms with Gasteiger partial charge in [-0.3, -0.25) is 20.2 Å². The molecule has 1 rings (SSSR count). The molecule has 0 amide bonds. The van der Waals surface area contributed by atoms with Crippen LogP contribution in [-0.4, -0.2) is 20.4 Å². The minimum absolute atomic E-state index is 0.284. The van der Waals surface area contributed by atoms with Crippen LogP contribution in [0.4, 0.5) is 0 Å². The summed E-state index contributed by atoms with van der Waals surface area (Å²) >= 11 is 5.38. The molecule has 0 aliphatic carbocycles. The lowest BCUT2D eigenvalue weighted by atomic mass is 10.3. The molecule has 0 spiro atoms. The predicted octanol–water partition coefficient (Wildman–Crippen LogP) is 0.733. The van der Waals surface area contributed by atoms with Crippen LogP contribution in [0.15, 0.2) is 24.0 Å². The SMILES string of the molecule is O=[N+]([O-])C1=CN(Cl)C([N+](=O)[O-])C=C1. The lowest BCUT2D eigenvalue weighted by molar-refractivity contribution is -0.527. The fourth-order valence-electron chi connectivity index (χ4n) is 0.781. The Morgan fingerprint density at radius 3 is 2.46 bits per heavy atom.